The number of rotatable bonds is 8. The lowest BCUT2D eigenvalue weighted by Crippen LogP contribution is -2.34. The second kappa shape index (κ2) is 9.73. The van der Waals surface area contributed by atoms with Gasteiger partial charge in [-0.25, -0.2) is 8.42 Å². The van der Waals surface area contributed by atoms with Crippen LogP contribution in [0.15, 0.2) is 53.4 Å². The van der Waals surface area contributed by atoms with Gasteiger partial charge in [0.05, 0.1) is 10.9 Å². The molecule has 1 saturated heterocycles. The lowest BCUT2D eigenvalue weighted by molar-refractivity contribution is 0.0942. The van der Waals surface area contributed by atoms with Gasteiger partial charge >= 0.3 is 0 Å². The maximum atomic E-state index is 12.6. The van der Waals surface area contributed by atoms with Crippen LogP contribution in [-0.4, -0.2) is 57.3 Å². The topological polar surface area (TPSA) is 69.7 Å². The fraction of sp³-hybridized carbons (Fsp3) is 0.435. The SMILES string of the molecule is CCc1ccc([C@H](CNC(=O)c2ccc(S(=O)(=O)N3CCCC3)cc2)N(C)C)cc1. The van der Waals surface area contributed by atoms with Gasteiger partial charge in [-0.2, -0.15) is 4.31 Å². The van der Waals surface area contributed by atoms with E-state index in [1.807, 2.05) is 14.1 Å². The first-order chi connectivity index (χ1) is 14.3. The summed E-state index contributed by atoms with van der Waals surface area (Å²) in [5.41, 5.74) is 2.88. The van der Waals surface area contributed by atoms with Crippen molar-refractivity contribution in [2.45, 2.75) is 37.1 Å². The molecule has 1 N–H and O–H groups in total. The molecule has 0 aromatic heterocycles. The highest BCUT2D eigenvalue weighted by atomic mass is 32.2. The Balaban J connectivity index is 1.65. The Morgan fingerprint density at radius 2 is 1.63 bits per heavy atom. The van der Waals surface area contributed by atoms with Crippen molar-refractivity contribution < 1.29 is 13.2 Å². The normalized spacial score (nSPS) is 16.0. The molecular weight excluding hydrogens is 398 g/mol. The monoisotopic (exact) mass is 429 g/mol. The Labute approximate surface area is 179 Å². The minimum absolute atomic E-state index is 0.0506. The molecule has 0 saturated carbocycles. The summed E-state index contributed by atoms with van der Waals surface area (Å²) in [6, 6.07) is 14.7. The number of nitrogens with zero attached hydrogens (tertiary/aromatic N) is 2. The van der Waals surface area contributed by atoms with E-state index in [-0.39, 0.29) is 16.8 Å². The average Bonchev–Trinajstić information content (AvgIpc) is 3.30. The maximum Gasteiger partial charge on any atom is 0.251 e. The Morgan fingerprint density at radius 1 is 1.03 bits per heavy atom. The van der Waals surface area contributed by atoms with Gasteiger partial charge in [0.1, 0.15) is 0 Å². The van der Waals surface area contributed by atoms with Crippen LogP contribution in [-0.2, 0) is 16.4 Å². The molecule has 1 aliphatic rings. The predicted molar refractivity (Wildman–Crippen MR) is 119 cm³/mol. The third kappa shape index (κ3) is 5.09. The highest BCUT2D eigenvalue weighted by molar-refractivity contribution is 7.89. The van der Waals surface area contributed by atoms with Crippen molar-refractivity contribution >= 4 is 15.9 Å². The molecule has 1 heterocycles. The number of carbonyl (C=O) groups excluding carboxylic acids is 1. The van der Waals surface area contributed by atoms with E-state index < -0.39 is 10.0 Å². The number of carbonyl (C=O) groups is 1. The molecule has 2 aromatic rings. The van der Waals surface area contributed by atoms with E-state index in [4.69, 9.17) is 0 Å². The molecule has 0 spiro atoms. The molecule has 30 heavy (non-hydrogen) atoms. The van der Waals surface area contributed by atoms with E-state index in [9.17, 15) is 13.2 Å². The van der Waals surface area contributed by atoms with Crippen LogP contribution in [0.1, 0.15) is 47.3 Å². The molecular formula is C23H31N3O3S. The predicted octanol–water partition coefficient (Wildman–Crippen LogP) is 3.07. The third-order valence-electron chi connectivity index (χ3n) is 5.67. The first-order valence-electron chi connectivity index (χ1n) is 10.5. The largest absolute Gasteiger partial charge is 0.350 e. The summed E-state index contributed by atoms with van der Waals surface area (Å²) in [6.45, 7) is 3.72. The molecule has 0 unspecified atom stereocenters. The fourth-order valence-corrected chi connectivity index (χ4v) is 5.24. The molecule has 1 atom stereocenters. The Bertz CT molecular complexity index is 948. The minimum atomic E-state index is -3.47. The zero-order chi connectivity index (χ0) is 21.7. The standard InChI is InChI=1S/C23H31N3O3S/c1-4-18-7-9-19(10-8-18)22(25(2)3)17-24-23(27)20-11-13-21(14-12-20)30(28,29)26-15-5-6-16-26/h7-14,22H,4-6,15-17H2,1-3H3,(H,24,27)/t22-/m0/s1. The van der Waals surface area contributed by atoms with Gasteiger partial charge in [0.2, 0.25) is 10.0 Å². The molecule has 162 valence electrons. The van der Waals surface area contributed by atoms with E-state index in [0.717, 1.165) is 24.8 Å². The molecule has 0 radical (unpaired) electrons. The highest BCUT2D eigenvalue weighted by Crippen LogP contribution is 2.22. The van der Waals surface area contributed by atoms with E-state index >= 15 is 0 Å². The van der Waals surface area contributed by atoms with E-state index in [0.29, 0.717) is 25.2 Å². The Morgan fingerprint density at radius 3 is 2.17 bits per heavy atom. The maximum absolute atomic E-state index is 12.6. The van der Waals surface area contributed by atoms with E-state index in [1.165, 1.54) is 22.0 Å². The van der Waals surface area contributed by atoms with Crippen molar-refractivity contribution in [3.63, 3.8) is 0 Å². The third-order valence-corrected chi connectivity index (χ3v) is 7.58. The number of likely N-dealkylation sites (N-methyl/N-ethyl adjacent to an activating group) is 1. The first kappa shape index (κ1) is 22.5. The van der Waals surface area contributed by atoms with Crippen molar-refractivity contribution in [1.82, 2.24) is 14.5 Å². The van der Waals surface area contributed by atoms with Crippen molar-refractivity contribution in [1.29, 1.82) is 0 Å². The summed E-state index contributed by atoms with van der Waals surface area (Å²) in [5.74, 6) is -0.211. The van der Waals surface area contributed by atoms with Crippen molar-refractivity contribution in [2.24, 2.45) is 0 Å². The highest BCUT2D eigenvalue weighted by Gasteiger charge is 2.27. The molecule has 2 aromatic carbocycles. The Kier molecular flexibility index (Phi) is 7.28. The van der Waals surface area contributed by atoms with Gasteiger partial charge in [-0.1, -0.05) is 31.2 Å². The quantitative estimate of drug-likeness (QED) is 0.700. The number of hydrogen-bond donors (Lipinski definition) is 1. The summed E-state index contributed by atoms with van der Waals surface area (Å²) in [7, 11) is 0.512. The van der Waals surface area contributed by atoms with Gasteiger partial charge in [0.15, 0.2) is 0 Å². The first-order valence-corrected chi connectivity index (χ1v) is 11.9. The number of aryl methyl sites for hydroxylation is 1. The molecule has 1 amide bonds. The van der Waals surface area contributed by atoms with Gasteiger partial charge < -0.3 is 10.2 Å². The summed E-state index contributed by atoms with van der Waals surface area (Å²) in [6.07, 6.45) is 2.79. The van der Waals surface area contributed by atoms with Gasteiger partial charge in [0.25, 0.3) is 5.91 Å². The van der Waals surface area contributed by atoms with E-state index in [1.54, 1.807) is 12.1 Å². The van der Waals surface area contributed by atoms with Crippen LogP contribution in [0.5, 0.6) is 0 Å². The van der Waals surface area contributed by atoms with Gasteiger partial charge in [-0.05, 0) is 68.8 Å². The lowest BCUT2D eigenvalue weighted by Gasteiger charge is -2.25. The fourth-order valence-electron chi connectivity index (χ4n) is 3.72. The average molecular weight is 430 g/mol. The van der Waals surface area contributed by atoms with E-state index in [2.05, 4.69) is 41.4 Å². The number of hydrogen-bond acceptors (Lipinski definition) is 4. The zero-order valence-corrected chi connectivity index (χ0v) is 18.8. The summed E-state index contributed by atoms with van der Waals surface area (Å²) in [4.78, 5) is 14.9. The van der Waals surface area contributed by atoms with Crippen LogP contribution in [0.3, 0.4) is 0 Å². The van der Waals surface area contributed by atoms with Crippen LogP contribution < -0.4 is 5.32 Å². The molecule has 1 fully saturated rings. The minimum Gasteiger partial charge on any atom is -0.350 e. The summed E-state index contributed by atoms with van der Waals surface area (Å²) < 4.78 is 26.8. The zero-order valence-electron chi connectivity index (χ0n) is 18.0. The number of nitrogens with one attached hydrogen (secondary N) is 1. The molecule has 3 rings (SSSR count). The molecule has 0 bridgehead atoms. The van der Waals surface area contributed by atoms with Crippen LogP contribution in [0.25, 0.3) is 0 Å². The lowest BCUT2D eigenvalue weighted by atomic mass is 10.0. The number of amides is 1. The van der Waals surface area contributed by atoms with Crippen LogP contribution in [0, 0.1) is 0 Å². The smallest absolute Gasteiger partial charge is 0.251 e. The number of benzene rings is 2. The van der Waals surface area contributed by atoms with Crippen molar-refractivity contribution in [3.05, 3.63) is 65.2 Å². The Hall–Kier alpha value is -2.22. The van der Waals surface area contributed by atoms with Gasteiger partial charge in [-0.3, -0.25) is 4.79 Å². The molecule has 0 aliphatic carbocycles. The van der Waals surface area contributed by atoms with Crippen LogP contribution in [0.4, 0.5) is 0 Å². The summed E-state index contributed by atoms with van der Waals surface area (Å²) in [5, 5.41) is 2.98. The van der Waals surface area contributed by atoms with Crippen molar-refractivity contribution in [2.75, 3.05) is 33.7 Å². The molecule has 7 heteroatoms. The summed E-state index contributed by atoms with van der Waals surface area (Å²) >= 11 is 0. The molecule has 6 nitrogen and oxygen atoms in total. The second-order valence-corrected chi connectivity index (χ2v) is 9.86. The van der Waals surface area contributed by atoms with Gasteiger partial charge in [0, 0.05) is 25.2 Å². The second-order valence-electron chi connectivity index (χ2n) is 7.92. The van der Waals surface area contributed by atoms with Crippen molar-refractivity contribution in [3.8, 4) is 0 Å². The van der Waals surface area contributed by atoms with Gasteiger partial charge in [-0.15, -0.1) is 0 Å². The molecule has 1 aliphatic heterocycles. The van der Waals surface area contributed by atoms with Crippen LogP contribution >= 0.6 is 0 Å². The number of sulfonamides is 1. The van der Waals surface area contributed by atoms with Crippen LogP contribution in [0.2, 0.25) is 0 Å².